The first-order valence-corrected chi connectivity index (χ1v) is 8.77. The summed E-state index contributed by atoms with van der Waals surface area (Å²) < 4.78 is 27.7. The highest BCUT2D eigenvalue weighted by Gasteiger charge is 2.34. The van der Waals surface area contributed by atoms with Crippen LogP contribution in [0.1, 0.15) is 17.2 Å². The van der Waals surface area contributed by atoms with Gasteiger partial charge in [0.05, 0.1) is 16.4 Å². The minimum Gasteiger partial charge on any atom is -0.207 e. The Morgan fingerprint density at radius 1 is 1.05 bits per heavy atom. The Morgan fingerprint density at radius 2 is 1.71 bits per heavy atom. The maximum Gasteiger partial charge on any atom is 0.242 e. The number of halogens is 2. The van der Waals surface area contributed by atoms with Crippen LogP contribution in [-0.4, -0.2) is 13.8 Å². The van der Waals surface area contributed by atoms with E-state index in [1.807, 2.05) is 24.3 Å². The molecule has 0 saturated carbocycles. The molecule has 0 saturated heterocycles. The lowest BCUT2D eigenvalue weighted by Gasteiger charge is -2.18. The molecule has 0 aromatic heterocycles. The van der Waals surface area contributed by atoms with Gasteiger partial charge < -0.3 is 0 Å². The van der Waals surface area contributed by atoms with Crippen LogP contribution >= 0.6 is 23.2 Å². The van der Waals surface area contributed by atoms with E-state index in [4.69, 9.17) is 23.2 Å². The normalized spacial score (nSPS) is 21.2. The van der Waals surface area contributed by atoms with Crippen LogP contribution < -0.4 is 4.72 Å². The molecule has 0 heterocycles. The van der Waals surface area contributed by atoms with Crippen molar-refractivity contribution >= 4 is 33.2 Å². The highest BCUT2D eigenvalue weighted by Crippen LogP contribution is 2.36. The van der Waals surface area contributed by atoms with Gasteiger partial charge in [-0.3, -0.25) is 0 Å². The van der Waals surface area contributed by atoms with Crippen LogP contribution in [0.25, 0.3) is 0 Å². The number of sulfonamides is 1. The third-order valence-corrected chi connectivity index (χ3v) is 5.92. The van der Waals surface area contributed by atoms with Crippen molar-refractivity contribution in [2.75, 3.05) is 0 Å². The molecule has 2 aromatic carbocycles. The van der Waals surface area contributed by atoms with Gasteiger partial charge in [0.15, 0.2) is 0 Å². The Kier molecular flexibility index (Phi) is 3.97. The smallest absolute Gasteiger partial charge is 0.207 e. The molecule has 1 aliphatic rings. The fourth-order valence-electron chi connectivity index (χ4n) is 2.58. The summed E-state index contributed by atoms with van der Waals surface area (Å²) >= 11 is 12.3. The second-order valence-corrected chi connectivity index (χ2v) is 7.60. The van der Waals surface area contributed by atoms with E-state index in [2.05, 4.69) is 4.72 Å². The maximum absolute atomic E-state index is 12.5. The van der Waals surface area contributed by atoms with E-state index in [9.17, 15) is 8.42 Å². The fraction of sp³-hybridized carbons (Fsp3) is 0.200. The van der Waals surface area contributed by atoms with Crippen molar-refractivity contribution in [3.8, 4) is 0 Å². The van der Waals surface area contributed by atoms with Crippen molar-refractivity contribution in [1.82, 2.24) is 4.72 Å². The lowest BCUT2D eigenvalue weighted by Crippen LogP contribution is -2.32. The van der Waals surface area contributed by atoms with Crippen molar-refractivity contribution in [3.05, 3.63) is 64.7 Å². The zero-order valence-corrected chi connectivity index (χ0v) is 13.3. The van der Waals surface area contributed by atoms with Gasteiger partial charge in [-0.25, -0.2) is 13.1 Å². The Balaban J connectivity index is 1.95. The Morgan fingerprint density at radius 3 is 2.48 bits per heavy atom. The van der Waals surface area contributed by atoms with Crippen molar-refractivity contribution in [2.24, 2.45) is 0 Å². The van der Waals surface area contributed by atoms with Crippen LogP contribution in [0.2, 0.25) is 5.02 Å². The number of nitrogens with one attached hydrogen (secondary N) is 1. The minimum absolute atomic E-state index is 0.0694. The van der Waals surface area contributed by atoms with Gasteiger partial charge in [-0.15, -0.1) is 11.6 Å². The molecule has 0 bridgehead atoms. The number of fused-ring (bicyclic) bond motifs is 1. The van der Waals surface area contributed by atoms with E-state index in [1.54, 1.807) is 18.2 Å². The zero-order chi connectivity index (χ0) is 15.0. The maximum atomic E-state index is 12.5. The number of hydrogen-bond acceptors (Lipinski definition) is 2. The lowest BCUT2D eigenvalue weighted by molar-refractivity contribution is 0.556. The van der Waals surface area contributed by atoms with Crippen LogP contribution in [0.5, 0.6) is 0 Å². The zero-order valence-electron chi connectivity index (χ0n) is 11.0. The van der Waals surface area contributed by atoms with Gasteiger partial charge in [0.2, 0.25) is 10.0 Å². The van der Waals surface area contributed by atoms with Crippen molar-refractivity contribution in [3.63, 3.8) is 0 Å². The first-order chi connectivity index (χ1) is 9.99. The SMILES string of the molecule is O=S(=O)(NC1c2ccccc2CC1Cl)c1ccccc1Cl. The molecule has 2 aromatic rings. The molecule has 21 heavy (non-hydrogen) atoms. The summed E-state index contributed by atoms with van der Waals surface area (Å²) in [4.78, 5) is 0.0694. The quantitative estimate of drug-likeness (QED) is 0.868. The number of hydrogen-bond donors (Lipinski definition) is 1. The summed E-state index contributed by atoms with van der Waals surface area (Å²) in [6.07, 6.45) is 0.646. The molecule has 0 fully saturated rings. The minimum atomic E-state index is -3.72. The third kappa shape index (κ3) is 2.81. The molecule has 1 N–H and O–H groups in total. The van der Waals surface area contributed by atoms with Gasteiger partial charge in [0.25, 0.3) is 0 Å². The number of alkyl halides is 1. The standard InChI is InChI=1S/C15H13Cl2NO2S/c16-12-7-3-4-8-14(12)21(19,20)18-15-11-6-2-1-5-10(11)9-13(15)17/h1-8,13,15,18H,9H2. The van der Waals surface area contributed by atoms with Crippen molar-refractivity contribution < 1.29 is 8.42 Å². The highest BCUT2D eigenvalue weighted by molar-refractivity contribution is 7.89. The summed E-state index contributed by atoms with van der Waals surface area (Å²) in [5.41, 5.74) is 2.00. The molecule has 0 aliphatic heterocycles. The van der Waals surface area contributed by atoms with E-state index in [1.165, 1.54) is 6.07 Å². The van der Waals surface area contributed by atoms with E-state index >= 15 is 0 Å². The molecule has 6 heteroatoms. The Labute approximate surface area is 133 Å². The monoisotopic (exact) mass is 341 g/mol. The number of benzene rings is 2. The topological polar surface area (TPSA) is 46.2 Å². The fourth-order valence-corrected chi connectivity index (χ4v) is 4.79. The van der Waals surface area contributed by atoms with Crippen LogP contribution in [0.15, 0.2) is 53.4 Å². The van der Waals surface area contributed by atoms with E-state index < -0.39 is 16.1 Å². The number of rotatable bonds is 3. The van der Waals surface area contributed by atoms with Crippen LogP contribution in [0.4, 0.5) is 0 Å². The van der Waals surface area contributed by atoms with Crippen molar-refractivity contribution in [2.45, 2.75) is 22.7 Å². The first kappa shape index (κ1) is 14.9. The predicted molar refractivity (Wildman–Crippen MR) is 84.3 cm³/mol. The lowest BCUT2D eigenvalue weighted by atomic mass is 10.1. The highest BCUT2D eigenvalue weighted by atomic mass is 35.5. The largest absolute Gasteiger partial charge is 0.242 e. The Hall–Kier alpha value is -1.07. The summed E-state index contributed by atoms with van der Waals surface area (Å²) in [5, 5.41) is -0.109. The van der Waals surface area contributed by atoms with Gasteiger partial charge in [-0.05, 0) is 29.7 Å². The summed E-state index contributed by atoms with van der Waals surface area (Å²) in [7, 11) is -3.72. The van der Waals surface area contributed by atoms with Gasteiger partial charge in [-0.2, -0.15) is 0 Å². The van der Waals surface area contributed by atoms with Crippen LogP contribution in [0, 0.1) is 0 Å². The molecule has 0 spiro atoms. The van der Waals surface area contributed by atoms with E-state index in [0.717, 1.165) is 11.1 Å². The van der Waals surface area contributed by atoms with Gasteiger partial charge in [0, 0.05) is 0 Å². The molecular weight excluding hydrogens is 329 g/mol. The van der Waals surface area contributed by atoms with E-state index in [0.29, 0.717) is 6.42 Å². The third-order valence-electron chi connectivity index (χ3n) is 3.58. The average Bonchev–Trinajstić information content (AvgIpc) is 2.75. The molecule has 3 rings (SSSR count). The molecule has 2 atom stereocenters. The molecule has 0 amide bonds. The molecule has 1 aliphatic carbocycles. The van der Waals surface area contributed by atoms with Gasteiger partial charge in [0.1, 0.15) is 4.90 Å². The molecule has 0 radical (unpaired) electrons. The predicted octanol–water partition coefficient (Wildman–Crippen LogP) is 3.52. The van der Waals surface area contributed by atoms with Gasteiger partial charge in [-0.1, -0.05) is 48.0 Å². The average molecular weight is 342 g/mol. The molecule has 3 nitrogen and oxygen atoms in total. The first-order valence-electron chi connectivity index (χ1n) is 6.48. The second kappa shape index (κ2) is 5.61. The molecule has 110 valence electrons. The van der Waals surface area contributed by atoms with Gasteiger partial charge >= 0.3 is 0 Å². The van der Waals surface area contributed by atoms with Crippen LogP contribution in [-0.2, 0) is 16.4 Å². The summed E-state index contributed by atoms with van der Waals surface area (Å²) in [6, 6.07) is 13.6. The second-order valence-electron chi connectivity index (χ2n) is 4.95. The summed E-state index contributed by atoms with van der Waals surface area (Å²) in [5.74, 6) is 0. The summed E-state index contributed by atoms with van der Waals surface area (Å²) in [6.45, 7) is 0. The van der Waals surface area contributed by atoms with E-state index in [-0.39, 0.29) is 15.3 Å². The van der Waals surface area contributed by atoms with Crippen LogP contribution in [0.3, 0.4) is 0 Å². The van der Waals surface area contributed by atoms with Crippen molar-refractivity contribution in [1.29, 1.82) is 0 Å². The molecule has 2 unspecified atom stereocenters. The Bertz CT molecular complexity index is 777. The molecular formula is C15H13Cl2NO2S.